The Bertz CT molecular complexity index is 389. The van der Waals surface area contributed by atoms with Crippen molar-refractivity contribution in [3.05, 3.63) is 29.8 Å². The van der Waals surface area contributed by atoms with Gasteiger partial charge in [-0.3, -0.25) is 4.79 Å². The van der Waals surface area contributed by atoms with Crippen LogP contribution in [0.4, 0.5) is 5.69 Å². The molecule has 18 heavy (non-hydrogen) atoms. The van der Waals surface area contributed by atoms with E-state index in [1.807, 2.05) is 0 Å². The Morgan fingerprint density at radius 2 is 2.00 bits per heavy atom. The molecule has 4 nitrogen and oxygen atoms in total. The summed E-state index contributed by atoms with van der Waals surface area (Å²) in [5.74, 6) is 0.105. The average molecular weight is 247 g/mol. The number of benzene rings is 1. The van der Waals surface area contributed by atoms with E-state index in [0.717, 1.165) is 44.6 Å². The first kappa shape index (κ1) is 12.9. The molecule has 1 aliphatic rings. The van der Waals surface area contributed by atoms with Crippen LogP contribution >= 0.6 is 0 Å². The number of hydrogen-bond acceptors (Lipinski definition) is 3. The van der Waals surface area contributed by atoms with Crippen LogP contribution in [0, 0.1) is 0 Å². The molecule has 0 saturated carbocycles. The highest BCUT2D eigenvalue weighted by Gasteiger charge is 2.15. The molecule has 0 unspecified atom stereocenters. The van der Waals surface area contributed by atoms with Crippen LogP contribution in [0.3, 0.4) is 0 Å². The van der Waals surface area contributed by atoms with E-state index in [4.69, 9.17) is 5.73 Å². The Labute approximate surface area is 108 Å². The van der Waals surface area contributed by atoms with Gasteiger partial charge in [0.05, 0.1) is 6.54 Å². The zero-order chi connectivity index (χ0) is 12.8. The number of anilines is 1. The highest BCUT2D eigenvalue weighted by Crippen LogP contribution is 2.17. The lowest BCUT2D eigenvalue weighted by atomic mass is 10.1. The fourth-order valence-corrected chi connectivity index (χ4v) is 2.21. The molecule has 0 atom stereocenters. The Balaban J connectivity index is 1.92. The van der Waals surface area contributed by atoms with Gasteiger partial charge in [0.1, 0.15) is 0 Å². The van der Waals surface area contributed by atoms with E-state index in [2.05, 4.69) is 34.5 Å². The highest BCUT2D eigenvalue weighted by atomic mass is 16.2. The molecular weight excluding hydrogens is 226 g/mol. The maximum absolute atomic E-state index is 11.3. The molecule has 0 spiro atoms. The number of piperazine rings is 1. The number of aryl methyl sites for hydroxylation is 1. The van der Waals surface area contributed by atoms with Gasteiger partial charge in [-0.1, -0.05) is 12.1 Å². The van der Waals surface area contributed by atoms with E-state index in [1.165, 1.54) is 5.56 Å². The van der Waals surface area contributed by atoms with Gasteiger partial charge >= 0.3 is 0 Å². The number of nitrogens with two attached hydrogens (primary N) is 1. The third kappa shape index (κ3) is 3.47. The fourth-order valence-electron chi connectivity index (χ4n) is 2.21. The standard InChI is InChI=1S/C14H21N3O/c15-8-2-1-3-12-4-6-13(7-5-12)17-10-9-16-14(18)11-17/h4-7H,1-3,8-11,15H2,(H,16,18). The van der Waals surface area contributed by atoms with Crippen molar-refractivity contribution >= 4 is 11.6 Å². The largest absolute Gasteiger partial charge is 0.360 e. The summed E-state index contributed by atoms with van der Waals surface area (Å²) in [4.78, 5) is 13.4. The maximum atomic E-state index is 11.3. The first-order valence-electron chi connectivity index (χ1n) is 6.60. The van der Waals surface area contributed by atoms with Crippen molar-refractivity contribution in [2.75, 3.05) is 31.1 Å². The summed E-state index contributed by atoms with van der Waals surface area (Å²) in [6.45, 7) is 2.85. The minimum absolute atomic E-state index is 0.105. The minimum Gasteiger partial charge on any atom is -0.360 e. The molecule has 98 valence electrons. The number of rotatable bonds is 5. The minimum atomic E-state index is 0.105. The molecule has 1 saturated heterocycles. The molecular formula is C14H21N3O. The number of carbonyl (C=O) groups excluding carboxylic acids is 1. The molecule has 0 radical (unpaired) electrons. The summed E-state index contributed by atoms with van der Waals surface area (Å²) in [7, 11) is 0. The van der Waals surface area contributed by atoms with Crippen LogP contribution in [0.1, 0.15) is 18.4 Å². The van der Waals surface area contributed by atoms with Crippen LogP contribution in [0.2, 0.25) is 0 Å². The van der Waals surface area contributed by atoms with Gasteiger partial charge in [0.25, 0.3) is 0 Å². The van der Waals surface area contributed by atoms with Gasteiger partial charge in [-0.05, 0) is 43.5 Å². The van der Waals surface area contributed by atoms with Gasteiger partial charge in [-0.25, -0.2) is 0 Å². The molecule has 0 bridgehead atoms. The second-order valence-electron chi connectivity index (χ2n) is 4.68. The number of amides is 1. The zero-order valence-corrected chi connectivity index (χ0v) is 10.7. The second-order valence-corrected chi connectivity index (χ2v) is 4.68. The average Bonchev–Trinajstić information content (AvgIpc) is 2.40. The molecule has 1 aromatic rings. The summed E-state index contributed by atoms with van der Waals surface area (Å²) >= 11 is 0. The molecule has 3 N–H and O–H groups in total. The summed E-state index contributed by atoms with van der Waals surface area (Å²) < 4.78 is 0. The number of nitrogens with one attached hydrogen (secondary N) is 1. The maximum Gasteiger partial charge on any atom is 0.239 e. The lowest BCUT2D eigenvalue weighted by Crippen LogP contribution is -2.47. The van der Waals surface area contributed by atoms with Crippen molar-refractivity contribution < 1.29 is 4.79 Å². The molecule has 1 heterocycles. The summed E-state index contributed by atoms with van der Waals surface area (Å²) in [5, 5.41) is 2.84. The lowest BCUT2D eigenvalue weighted by molar-refractivity contribution is -0.120. The van der Waals surface area contributed by atoms with E-state index in [0.29, 0.717) is 6.54 Å². The first-order chi connectivity index (χ1) is 8.79. The topological polar surface area (TPSA) is 58.4 Å². The number of nitrogens with zero attached hydrogens (tertiary/aromatic N) is 1. The number of carbonyl (C=O) groups is 1. The van der Waals surface area contributed by atoms with Crippen LogP contribution in [0.15, 0.2) is 24.3 Å². The van der Waals surface area contributed by atoms with Crippen LogP contribution in [-0.4, -0.2) is 32.1 Å². The monoisotopic (exact) mass is 247 g/mol. The van der Waals surface area contributed by atoms with Crippen molar-refractivity contribution in [3.63, 3.8) is 0 Å². The number of unbranched alkanes of at least 4 members (excludes halogenated alkanes) is 1. The van der Waals surface area contributed by atoms with Crippen molar-refractivity contribution in [2.45, 2.75) is 19.3 Å². The summed E-state index contributed by atoms with van der Waals surface area (Å²) in [6.07, 6.45) is 3.30. The normalized spacial score (nSPS) is 15.6. The van der Waals surface area contributed by atoms with Crippen LogP contribution in [-0.2, 0) is 11.2 Å². The Morgan fingerprint density at radius 1 is 1.22 bits per heavy atom. The van der Waals surface area contributed by atoms with Gasteiger partial charge in [0, 0.05) is 18.8 Å². The predicted octanol–water partition coefficient (Wildman–Crippen LogP) is 0.904. The van der Waals surface area contributed by atoms with Gasteiger partial charge in [-0.2, -0.15) is 0 Å². The molecule has 1 fully saturated rings. The molecule has 4 heteroatoms. The highest BCUT2D eigenvalue weighted by molar-refractivity contribution is 5.82. The molecule has 0 aliphatic carbocycles. The van der Waals surface area contributed by atoms with Crippen LogP contribution in [0.25, 0.3) is 0 Å². The third-order valence-electron chi connectivity index (χ3n) is 3.26. The van der Waals surface area contributed by atoms with Crippen molar-refractivity contribution in [1.29, 1.82) is 0 Å². The summed E-state index contributed by atoms with van der Waals surface area (Å²) in [6, 6.07) is 8.52. The Kier molecular flexibility index (Phi) is 4.59. The lowest BCUT2D eigenvalue weighted by Gasteiger charge is -2.28. The van der Waals surface area contributed by atoms with Gasteiger partial charge < -0.3 is 16.0 Å². The predicted molar refractivity (Wildman–Crippen MR) is 73.7 cm³/mol. The van der Waals surface area contributed by atoms with Crippen LogP contribution < -0.4 is 16.0 Å². The number of hydrogen-bond donors (Lipinski definition) is 2. The van der Waals surface area contributed by atoms with Gasteiger partial charge in [0.15, 0.2) is 0 Å². The Morgan fingerprint density at radius 3 is 2.67 bits per heavy atom. The second kappa shape index (κ2) is 6.40. The zero-order valence-electron chi connectivity index (χ0n) is 10.7. The fraction of sp³-hybridized carbons (Fsp3) is 0.500. The molecule has 0 aromatic heterocycles. The molecule has 1 aromatic carbocycles. The quantitative estimate of drug-likeness (QED) is 0.760. The van der Waals surface area contributed by atoms with Crippen molar-refractivity contribution in [2.24, 2.45) is 5.73 Å². The van der Waals surface area contributed by atoms with E-state index in [9.17, 15) is 4.79 Å². The van der Waals surface area contributed by atoms with Gasteiger partial charge in [0.2, 0.25) is 5.91 Å². The SMILES string of the molecule is NCCCCc1ccc(N2CCNC(=O)C2)cc1. The van der Waals surface area contributed by atoms with E-state index in [1.54, 1.807) is 0 Å². The van der Waals surface area contributed by atoms with E-state index in [-0.39, 0.29) is 5.91 Å². The van der Waals surface area contributed by atoms with Crippen LogP contribution in [0.5, 0.6) is 0 Å². The van der Waals surface area contributed by atoms with Crippen molar-refractivity contribution in [3.8, 4) is 0 Å². The molecule has 1 amide bonds. The summed E-state index contributed by atoms with van der Waals surface area (Å²) in [5.41, 5.74) is 7.96. The van der Waals surface area contributed by atoms with Crippen molar-refractivity contribution in [1.82, 2.24) is 5.32 Å². The van der Waals surface area contributed by atoms with E-state index >= 15 is 0 Å². The van der Waals surface area contributed by atoms with E-state index < -0.39 is 0 Å². The smallest absolute Gasteiger partial charge is 0.239 e. The third-order valence-corrected chi connectivity index (χ3v) is 3.26. The molecule has 1 aliphatic heterocycles. The Hall–Kier alpha value is -1.55. The van der Waals surface area contributed by atoms with Gasteiger partial charge in [-0.15, -0.1) is 0 Å². The first-order valence-corrected chi connectivity index (χ1v) is 6.60. The molecule has 2 rings (SSSR count).